The third-order valence-electron chi connectivity index (χ3n) is 5.79. The highest BCUT2D eigenvalue weighted by molar-refractivity contribution is 7.20. The van der Waals surface area contributed by atoms with E-state index in [1.807, 2.05) is 0 Å². The minimum atomic E-state index is -4.81. The number of nitrogens with zero attached hydrogens (tertiary/aromatic N) is 2. The molecule has 3 aromatic rings. The number of benzene rings is 1. The molecule has 2 aliphatic heterocycles. The third-order valence-corrected chi connectivity index (χ3v) is 7.33. The summed E-state index contributed by atoms with van der Waals surface area (Å²) in [5, 5.41) is 9.68. The van der Waals surface area contributed by atoms with Crippen molar-refractivity contribution < 1.29 is 27.6 Å². The van der Waals surface area contributed by atoms with E-state index in [0.717, 1.165) is 23.5 Å². The van der Waals surface area contributed by atoms with Gasteiger partial charge < -0.3 is 15.5 Å². The van der Waals surface area contributed by atoms with Crippen LogP contribution in [0.4, 0.5) is 13.2 Å². The van der Waals surface area contributed by atoms with E-state index in [2.05, 4.69) is 20.8 Å². The van der Waals surface area contributed by atoms with Crippen molar-refractivity contribution in [3.63, 3.8) is 0 Å². The Labute approximate surface area is 210 Å². The molecule has 2 N–H and O–H groups in total. The molecule has 4 heterocycles. The highest BCUT2D eigenvalue weighted by Gasteiger charge is 2.62. The maximum atomic E-state index is 14.2. The summed E-state index contributed by atoms with van der Waals surface area (Å²) < 4.78 is 42.7. The summed E-state index contributed by atoms with van der Waals surface area (Å²) in [7, 11) is 0. The smallest absolute Gasteiger partial charge is 0.374 e. The highest BCUT2D eigenvalue weighted by Crippen LogP contribution is 2.50. The normalized spacial score (nSPS) is 22.1. The van der Waals surface area contributed by atoms with Gasteiger partial charge in [0.2, 0.25) is 5.91 Å². The Morgan fingerprint density at radius 3 is 2.60 bits per heavy atom. The molecule has 2 atom stereocenters. The molecule has 0 saturated carbocycles. The van der Waals surface area contributed by atoms with E-state index in [0.29, 0.717) is 28.1 Å². The maximum absolute atomic E-state index is 14.2. The van der Waals surface area contributed by atoms with Gasteiger partial charge in [-0.1, -0.05) is 28.4 Å². The second kappa shape index (κ2) is 8.65. The molecule has 0 spiro atoms. The van der Waals surface area contributed by atoms with E-state index in [1.165, 1.54) is 12.3 Å². The Hall–Kier alpha value is -2.89. The Bertz CT molecular complexity index is 1370. The minimum Gasteiger partial charge on any atom is -0.374 e. The SMILES string of the molecule is O=C(NC1CCNC1=O)c1cnc2sc(C3=NOC(c4cc(Cl)cc(Cl)c4)(C(F)(F)F)C3)cc2c1. The number of amides is 2. The predicted molar refractivity (Wildman–Crippen MR) is 125 cm³/mol. The summed E-state index contributed by atoms with van der Waals surface area (Å²) in [6.45, 7) is 0.486. The van der Waals surface area contributed by atoms with Crippen LogP contribution in [0.1, 0.15) is 33.6 Å². The molecule has 1 aromatic carbocycles. The molecule has 1 saturated heterocycles. The Kier molecular flexibility index (Phi) is 5.89. The fourth-order valence-electron chi connectivity index (χ4n) is 4.00. The van der Waals surface area contributed by atoms with Crippen molar-refractivity contribution in [3.05, 3.63) is 62.6 Å². The van der Waals surface area contributed by atoms with Gasteiger partial charge in [0.25, 0.3) is 11.5 Å². The number of aromatic nitrogens is 1. The zero-order chi connectivity index (χ0) is 25.0. The van der Waals surface area contributed by atoms with E-state index >= 15 is 0 Å². The molecular formula is C22H15Cl2F3N4O3S. The molecule has 0 aliphatic carbocycles. The van der Waals surface area contributed by atoms with Crippen LogP contribution in [-0.2, 0) is 15.2 Å². The number of halogens is 5. The Morgan fingerprint density at radius 2 is 1.94 bits per heavy atom. The van der Waals surface area contributed by atoms with Gasteiger partial charge in [-0.3, -0.25) is 9.59 Å². The standard InChI is InChI=1S/C22H15Cl2F3N4O3S/c23-13-5-12(6-14(24)7-13)21(22(25,26)27)8-16(31-34-21)17-4-10-3-11(9-29-20(10)35-17)18(32)30-15-1-2-28-19(15)33/h3-7,9,15H,1-2,8H2,(H,28,33)(H,30,32). The van der Waals surface area contributed by atoms with Gasteiger partial charge in [0.15, 0.2) is 0 Å². The molecule has 35 heavy (non-hydrogen) atoms. The molecule has 1 fully saturated rings. The first-order valence-electron chi connectivity index (χ1n) is 10.3. The fraction of sp³-hybridized carbons (Fsp3) is 0.273. The summed E-state index contributed by atoms with van der Waals surface area (Å²) >= 11 is 13.0. The number of alkyl halides is 3. The molecule has 13 heteroatoms. The number of hydrogen-bond donors (Lipinski definition) is 2. The lowest BCUT2D eigenvalue weighted by Gasteiger charge is -2.29. The zero-order valence-electron chi connectivity index (χ0n) is 17.6. The first-order chi connectivity index (χ1) is 16.6. The van der Waals surface area contributed by atoms with Gasteiger partial charge in [0, 0.05) is 33.7 Å². The molecule has 2 aliphatic rings. The number of fused-ring (bicyclic) bond motifs is 1. The molecule has 0 bridgehead atoms. The van der Waals surface area contributed by atoms with Gasteiger partial charge in [-0.25, -0.2) is 4.98 Å². The first-order valence-corrected chi connectivity index (χ1v) is 11.9. The average Bonchev–Trinajstić information content (AvgIpc) is 3.50. The van der Waals surface area contributed by atoms with Crippen molar-refractivity contribution >= 4 is 62.3 Å². The quantitative estimate of drug-likeness (QED) is 0.495. The van der Waals surface area contributed by atoms with Crippen molar-refractivity contribution in [3.8, 4) is 0 Å². The van der Waals surface area contributed by atoms with E-state index in [-0.39, 0.29) is 32.8 Å². The number of hydrogen-bond acceptors (Lipinski definition) is 6. The van der Waals surface area contributed by atoms with Crippen LogP contribution in [0, 0.1) is 0 Å². The number of pyridine rings is 1. The molecule has 0 radical (unpaired) electrons. The van der Waals surface area contributed by atoms with Crippen LogP contribution in [0.5, 0.6) is 0 Å². The van der Waals surface area contributed by atoms with Crippen molar-refractivity contribution in [2.24, 2.45) is 5.16 Å². The first kappa shape index (κ1) is 23.8. The molecule has 2 unspecified atom stereocenters. The van der Waals surface area contributed by atoms with Gasteiger partial charge in [-0.2, -0.15) is 13.2 Å². The van der Waals surface area contributed by atoms with Crippen LogP contribution in [0.3, 0.4) is 0 Å². The van der Waals surface area contributed by atoms with Crippen LogP contribution in [-0.4, -0.2) is 41.3 Å². The lowest BCUT2D eigenvalue weighted by molar-refractivity contribution is -0.275. The Morgan fingerprint density at radius 1 is 1.20 bits per heavy atom. The Balaban J connectivity index is 1.42. The number of carbonyl (C=O) groups excluding carboxylic acids is 2. The average molecular weight is 543 g/mol. The summed E-state index contributed by atoms with van der Waals surface area (Å²) in [6, 6.07) is 6.19. The lowest BCUT2D eigenvalue weighted by Crippen LogP contribution is -2.42. The van der Waals surface area contributed by atoms with Crippen molar-refractivity contribution in [1.82, 2.24) is 15.6 Å². The minimum absolute atomic E-state index is 0.0418. The topological polar surface area (TPSA) is 92.7 Å². The van der Waals surface area contributed by atoms with Crippen molar-refractivity contribution in [2.45, 2.75) is 30.7 Å². The van der Waals surface area contributed by atoms with Crippen LogP contribution < -0.4 is 10.6 Å². The van der Waals surface area contributed by atoms with Gasteiger partial charge in [0.05, 0.1) is 16.9 Å². The molecular weight excluding hydrogens is 528 g/mol. The van der Waals surface area contributed by atoms with Crippen molar-refractivity contribution in [2.75, 3.05) is 6.54 Å². The van der Waals surface area contributed by atoms with Gasteiger partial charge in [0.1, 0.15) is 16.6 Å². The number of oxime groups is 1. The summed E-state index contributed by atoms with van der Waals surface area (Å²) in [5.41, 5.74) is -2.69. The van der Waals surface area contributed by atoms with Crippen LogP contribution in [0.25, 0.3) is 10.2 Å². The number of carbonyl (C=O) groups is 2. The maximum Gasteiger partial charge on any atom is 0.435 e. The van der Waals surface area contributed by atoms with E-state index in [9.17, 15) is 22.8 Å². The molecule has 2 amide bonds. The summed E-state index contributed by atoms with van der Waals surface area (Å²) in [4.78, 5) is 34.5. The highest BCUT2D eigenvalue weighted by atomic mass is 35.5. The fourth-order valence-corrected chi connectivity index (χ4v) is 5.48. The number of rotatable bonds is 4. The van der Waals surface area contributed by atoms with Crippen LogP contribution in [0.2, 0.25) is 10.0 Å². The predicted octanol–water partition coefficient (Wildman–Crippen LogP) is 4.80. The van der Waals surface area contributed by atoms with Gasteiger partial charge >= 0.3 is 6.18 Å². The lowest BCUT2D eigenvalue weighted by atomic mass is 9.88. The number of thiophene rings is 1. The van der Waals surface area contributed by atoms with Crippen LogP contribution in [0.15, 0.2) is 41.7 Å². The largest absolute Gasteiger partial charge is 0.435 e. The molecule has 2 aromatic heterocycles. The van der Waals surface area contributed by atoms with E-state index in [4.69, 9.17) is 28.0 Å². The monoisotopic (exact) mass is 542 g/mol. The zero-order valence-corrected chi connectivity index (χ0v) is 19.9. The molecule has 7 nitrogen and oxygen atoms in total. The second-order valence-corrected chi connectivity index (χ2v) is 10.0. The van der Waals surface area contributed by atoms with Crippen LogP contribution >= 0.6 is 34.5 Å². The summed E-state index contributed by atoms with van der Waals surface area (Å²) in [5.74, 6) is -0.719. The molecule has 182 valence electrons. The number of nitrogens with one attached hydrogen (secondary N) is 2. The van der Waals surface area contributed by atoms with Gasteiger partial charge in [-0.05, 0) is 36.8 Å². The van der Waals surface area contributed by atoms with E-state index in [1.54, 1.807) is 12.1 Å². The van der Waals surface area contributed by atoms with Crippen molar-refractivity contribution in [1.29, 1.82) is 0 Å². The molecule has 5 rings (SSSR count). The van der Waals surface area contributed by atoms with E-state index < -0.39 is 30.1 Å². The van der Waals surface area contributed by atoms with Gasteiger partial charge in [-0.15, -0.1) is 11.3 Å². The summed E-state index contributed by atoms with van der Waals surface area (Å²) in [6.07, 6.45) is -3.56. The second-order valence-electron chi connectivity index (χ2n) is 8.12. The third kappa shape index (κ3) is 4.32.